The highest BCUT2D eigenvalue weighted by Gasteiger charge is 2.04. The molecule has 0 aromatic heterocycles. The Morgan fingerprint density at radius 3 is 2.60 bits per heavy atom. The summed E-state index contributed by atoms with van der Waals surface area (Å²) in [4.78, 5) is 20.8. The number of ether oxygens (including phenoxy) is 1. The Morgan fingerprint density at radius 2 is 2.20 bits per heavy atom. The van der Waals surface area contributed by atoms with Gasteiger partial charge in [0.25, 0.3) is 0 Å². The van der Waals surface area contributed by atoms with Gasteiger partial charge in [-0.05, 0) is 0 Å². The van der Waals surface area contributed by atoms with E-state index >= 15 is 0 Å². The second kappa shape index (κ2) is 5.17. The third kappa shape index (κ3) is 4.26. The van der Waals surface area contributed by atoms with E-state index in [1.54, 1.807) is 0 Å². The van der Waals surface area contributed by atoms with E-state index in [2.05, 4.69) is 27.2 Å². The fraction of sp³-hybridized carbons (Fsp3) is 0.333. The Balaban J connectivity index is 3.57. The number of rotatable bonds is 3. The molecule has 3 nitrogen and oxygen atoms in total. The van der Waals surface area contributed by atoms with E-state index in [9.17, 15) is 9.59 Å². The molecule has 10 heavy (non-hydrogen) atoms. The van der Waals surface area contributed by atoms with E-state index in [-0.39, 0.29) is 6.42 Å². The molecule has 0 N–H and O–H groups in total. The highest BCUT2D eigenvalue weighted by molar-refractivity contribution is 9.09. The maximum absolute atomic E-state index is 10.5. The molecule has 0 rings (SSSR count). The first-order chi connectivity index (χ1) is 4.70. The van der Waals surface area contributed by atoms with Crippen LogP contribution in [-0.2, 0) is 14.3 Å². The average Bonchev–Trinajstić information content (AvgIpc) is 1.88. The molecule has 0 aliphatic heterocycles. The number of hydrogen-bond donors (Lipinski definition) is 0. The van der Waals surface area contributed by atoms with Crippen molar-refractivity contribution in [1.82, 2.24) is 0 Å². The second-order valence-corrected chi connectivity index (χ2v) is 2.23. The van der Waals surface area contributed by atoms with E-state index in [1.165, 1.54) is 0 Å². The molecule has 0 unspecified atom stereocenters. The van der Waals surface area contributed by atoms with Crippen LogP contribution >= 0.6 is 15.9 Å². The second-order valence-electron chi connectivity index (χ2n) is 1.44. The number of carbonyl (C=O) groups is 2. The SMILES string of the molecule is C=CC(=O)OC(=O)CCBr. The molecular weight excluding hydrogens is 200 g/mol. The summed E-state index contributed by atoms with van der Waals surface area (Å²) in [6.07, 6.45) is 1.14. The van der Waals surface area contributed by atoms with Crippen molar-refractivity contribution in [2.45, 2.75) is 6.42 Å². The van der Waals surface area contributed by atoms with Crippen LogP contribution in [0, 0.1) is 0 Å². The monoisotopic (exact) mass is 206 g/mol. The molecule has 0 aromatic carbocycles. The molecule has 0 saturated carbocycles. The summed E-state index contributed by atoms with van der Waals surface area (Å²) in [5.74, 6) is -1.24. The standard InChI is InChI=1S/C6H7BrO3/c1-2-5(8)10-6(9)3-4-7/h2H,1,3-4H2. The van der Waals surface area contributed by atoms with Crippen molar-refractivity contribution in [3.63, 3.8) is 0 Å². The lowest BCUT2D eigenvalue weighted by Gasteiger charge is -1.94. The zero-order chi connectivity index (χ0) is 7.98. The van der Waals surface area contributed by atoms with Gasteiger partial charge in [-0.3, -0.25) is 4.79 Å². The van der Waals surface area contributed by atoms with Crippen LogP contribution in [0.5, 0.6) is 0 Å². The summed E-state index contributed by atoms with van der Waals surface area (Å²) in [5, 5.41) is 0.496. The minimum Gasteiger partial charge on any atom is -0.390 e. The van der Waals surface area contributed by atoms with Gasteiger partial charge in [0.15, 0.2) is 0 Å². The molecule has 0 bridgehead atoms. The summed E-state index contributed by atoms with van der Waals surface area (Å²) in [6, 6.07) is 0. The van der Waals surface area contributed by atoms with Crippen LogP contribution in [0.2, 0.25) is 0 Å². The van der Waals surface area contributed by atoms with Crippen molar-refractivity contribution >= 4 is 27.9 Å². The van der Waals surface area contributed by atoms with Gasteiger partial charge in [0.2, 0.25) is 0 Å². The Hall–Kier alpha value is -0.640. The molecule has 0 aliphatic carbocycles. The molecule has 0 fully saturated rings. The first-order valence-electron chi connectivity index (χ1n) is 2.63. The van der Waals surface area contributed by atoms with Crippen LogP contribution in [0.4, 0.5) is 0 Å². The van der Waals surface area contributed by atoms with Crippen molar-refractivity contribution < 1.29 is 14.3 Å². The summed E-state index contributed by atoms with van der Waals surface area (Å²) in [7, 11) is 0. The predicted molar refractivity (Wildman–Crippen MR) is 39.7 cm³/mol. The van der Waals surface area contributed by atoms with Gasteiger partial charge in [0.05, 0.1) is 6.42 Å². The summed E-state index contributed by atoms with van der Waals surface area (Å²) < 4.78 is 4.21. The molecule has 0 heterocycles. The van der Waals surface area contributed by atoms with Crippen LogP contribution in [0.15, 0.2) is 12.7 Å². The number of hydrogen-bond acceptors (Lipinski definition) is 3. The lowest BCUT2D eigenvalue weighted by molar-refractivity contribution is -0.155. The fourth-order valence-corrected chi connectivity index (χ4v) is 0.606. The minimum absolute atomic E-state index is 0.194. The largest absolute Gasteiger partial charge is 0.390 e. The van der Waals surface area contributed by atoms with Crippen LogP contribution in [0.3, 0.4) is 0 Å². The Morgan fingerprint density at radius 1 is 1.60 bits per heavy atom. The number of carbonyl (C=O) groups excluding carboxylic acids is 2. The normalized spacial score (nSPS) is 8.50. The molecule has 0 aromatic rings. The molecule has 0 spiro atoms. The Labute approximate surface area is 67.2 Å². The van der Waals surface area contributed by atoms with Crippen LogP contribution in [-0.4, -0.2) is 17.3 Å². The molecular formula is C6H7BrO3. The molecule has 0 aliphatic rings. The molecule has 4 heteroatoms. The van der Waals surface area contributed by atoms with Crippen LogP contribution in [0.1, 0.15) is 6.42 Å². The summed E-state index contributed by atoms with van der Waals surface area (Å²) in [5.41, 5.74) is 0. The number of halogens is 1. The maximum Gasteiger partial charge on any atom is 0.337 e. The summed E-state index contributed by atoms with van der Waals surface area (Å²) in [6.45, 7) is 3.14. The van der Waals surface area contributed by atoms with Gasteiger partial charge in [-0.25, -0.2) is 4.79 Å². The van der Waals surface area contributed by atoms with Gasteiger partial charge in [0, 0.05) is 11.4 Å². The zero-order valence-corrected chi connectivity index (χ0v) is 6.89. The number of esters is 2. The third-order valence-corrected chi connectivity index (χ3v) is 1.08. The van der Waals surface area contributed by atoms with Gasteiger partial charge in [-0.2, -0.15) is 0 Å². The summed E-state index contributed by atoms with van der Waals surface area (Å²) >= 11 is 3.02. The maximum atomic E-state index is 10.5. The Bertz CT molecular complexity index is 153. The molecule has 0 radical (unpaired) electrons. The van der Waals surface area contributed by atoms with E-state index in [0.717, 1.165) is 6.08 Å². The van der Waals surface area contributed by atoms with E-state index in [1.807, 2.05) is 0 Å². The predicted octanol–water partition coefficient (Wildman–Crippen LogP) is 1.03. The lowest BCUT2D eigenvalue weighted by atomic mass is 10.5. The van der Waals surface area contributed by atoms with Crippen LogP contribution < -0.4 is 0 Å². The van der Waals surface area contributed by atoms with Crippen molar-refractivity contribution in [2.75, 3.05) is 5.33 Å². The molecule has 0 amide bonds. The van der Waals surface area contributed by atoms with Crippen molar-refractivity contribution in [1.29, 1.82) is 0 Å². The van der Waals surface area contributed by atoms with E-state index in [4.69, 9.17) is 0 Å². The highest BCUT2D eigenvalue weighted by atomic mass is 79.9. The third-order valence-electron chi connectivity index (χ3n) is 0.680. The molecule has 56 valence electrons. The first kappa shape index (κ1) is 9.36. The fourth-order valence-electron chi connectivity index (χ4n) is 0.282. The van der Waals surface area contributed by atoms with E-state index < -0.39 is 11.9 Å². The van der Waals surface area contributed by atoms with Gasteiger partial charge in [-0.1, -0.05) is 22.5 Å². The van der Waals surface area contributed by atoms with Crippen molar-refractivity contribution in [3.05, 3.63) is 12.7 Å². The Kier molecular flexibility index (Phi) is 4.84. The average molecular weight is 207 g/mol. The van der Waals surface area contributed by atoms with Crippen molar-refractivity contribution in [2.24, 2.45) is 0 Å². The van der Waals surface area contributed by atoms with Gasteiger partial charge >= 0.3 is 11.9 Å². The van der Waals surface area contributed by atoms with Crippen molar-refractivity contribution in [3.8, 4) is 0 Å². The first-order valence-corrected chi connectivity index (χ1v) is 3.76. The quantitative estimate of drug-likeness (QED) is 0.300. The van der Waals surface area contributed by atoms with E-state index in [0.29, 0.717) is 5.33 Å². The zero-order valence-electron chi connectivity index (χ0n) is 5.30. The number of alkyl halides is 1. The van der Waals surface area contributed by atoms with Gasteiger partial charge < -0.3 is 4.74 Å². The molecule has 0 saturated heterocycles. The van der Waals surface area contributed by atoms with Gasteiger partial charge in [0.1, 0.15) is 0 Å². The lowest BCUT2D eigenvalue weighted by Crippen LogP contribution is -2.09. The minimum atomic E-state index is -0.703. The smallest absolute Gasteiger partial charge is 0.337 e. The van der Waals surface area contributed by atoms with Crippen LogP contribution in [0.25, 0.3) is 0 Å². The topological polar surface area (TPSA) is 43.4 Å². The highest BCUT2D eigenvalue weighted by Crippen LogP contribution is 1.91. The molecule has 0 atom stereocenters. The van der Waals surface area contributed by atoms with Gasteiger partial charge in [-0.15, -0.1) is 0 Å².